The minimum Gasteiger partial charge on any atom is -0.366 e. The number of rotatable bonds is 3. The molecule has 100 valence electrons. The fraction of sp³-hybridized carbons (Fsp3) is 0.500. The van der Waals surface area contributed by atoms with E-state index in [4.69, 9.17) is 0 Å². The van der Waals surface area contributed by atoms with Crippen molar-refractivity contribution in [1.82, 2.24) is 9.97 Å². The smallest absolute Gasteiger partial charge is 0.145 e. The molecule has 3 nitrogen and oxygen atoms in total. The lowest BCUT2D eigenvalue weighted by atomic mass is 9.83. The summed E-state index contributed by atoms with van der Waals surface area (Å²) in [7, 11) is 0. The molecule has 1 aliphatic rings. The lowest BCUT2D eigenvalue weighted by molar-refractivity contribution is 0.317. The Morgan fingerprint density at radius 3 is 2.79 bits per heavy atom. The first kappa shape index (κ1) is 12.4. The molecule has 2 atom stereocenters. The van der Waals surface area contributed by atoms with E-state index >= 15 is 0 Å². The van der Waals surface area contributed by atoms with Crippen molar-refractivity contribution in [3.05, 3.63) is 30.5 Å². The van der Waals surface area contributed by atoms with Crippen molar-refractivity contribution >= 4 is 16.9 Å². The van der Waals surface area contributed by atoms with Crippen molar-refractivity contribution in [2.75, 3.05) is 5.32 Å². The highest BCUT2D eigenvalue weighted by Crippen LogP contribution is 2.29. The molecule has 3 rings (SSSR count). The van der Waals surface area contributed by atoms with Crippen LogP contribution in [-0.4, -0.2) is 16.0 Å². The van der Waals surface area contributed by atoms with Gasteiger partial charge in [-0.15, -0.1) is 0 Å². The quantitative estimate of drug-likeness (QED) is 0.900. The van der Waals surface area contributed by atoms with Crippen LogP contribution >= 0.6 is 0 Å². The first-order valence-electron chi connectivity index (χ1n) is 7.35. The van der Waals surface area contributed by atoms with Gasteiger partial charge >= 0.3 is 0 Å². The van der Waals surface area contributed by atoms with Crippen molar-refractivity contribution in [2.24, 2.45) is 5.92 Å². The van der Waals surface area contributed by atoms with Crippen LogP contribution < -0.4 is 5.32 Å². The lowest BCUT2D eigenvalue weighted by Crippen LogP contribution is -2.32. The van der Waals surface area contributed by atoms with Crippen LogP contribution in [0.2, 0.25) is 0 Å². The van der Waals surface area contributed by atoms with Crippen molar-refractivity contribution in [1.29, 1.82) is 0 Å². The van der Waals surface area contributed by atoms with Crippen molar-refractivity contribution < 1.29 is 0 Å². The zero-order valence-corrected chi connectivity index (χ0v) is 11.5. The van der Waals surface area contributed by atoms with E-state index in [1.54, 1.807) is 0 Å². The van der Waals surface area contributed by atoms with E-state index in [0.29, 0.717) is 6.04 Å². The van der Waals surface area contributed by atoms with Crippen molar-refractivity contribution in [3.8, 4) is 0 Å². The molecular weight excluding hydrogens is 234 g/mol. The van der Waals surface area contributed by atoms with Gasteiger partial charge in [0.15, 0.2) is 0 Å². The van der Waals surface area contributed by atoms with Crippen LogP contribution in [0.15, 0.2) is 30.5 Å². The van der Waals surface area contributed by atoms with Crippen LogP contribution in [-0.2, 0) is 0 Å². The van der Waals surface area contributed by atoms with Gasteiger partial charge in [0.05, 0.1) is 17.2 Å². The number of anilines is 1. The zero-order chi connectivity index (χ0) is 13.1. The summed E-state index contributed by atoms with van der Waals surface area (Å²) in [6, 6.07) is 8.59. The van der Waals surface area contributed by atoms with E-state index in [9.17, 15) is 0 Å². The predicted octanol–water partition coefficient (Wildman–Crippen LogP) is 4.01. The SMILES string of the molecule is CCC1CCCCC1Nc1cnc2ccccc2n1. The summed E-state index contributed by atoms with van der Waals surface area (Å²) in [5.41, 5.74) is 1.93. The second-order valence-corrected chi connectivity index (χ2v) is 5.45. The molecule has 1 heterocycles. The minimum absolute atomic E-state index is 0.564. The van der Waals surface area contributed by atoms with Gasteiger partial charge in [-0.1, -0.05) is 38.3 Å². The molecule has 1 saturated carbocycles. The van der Waals surface area contributed by atoms with Crippen LogP contribution in [0.4, 0.5) is 5.82 Å². The molecule has 1 aliphatic carbocycles. The number of hydrogen-bond acceptors (Lipinski definition) is 3. The topological polar surface area (TPSA) is 37.8 Å². The molecule has 0 amide bonds. The highest BCUT2D eigenvalue weighted by molar-refractivity contribution is 5.75. The van der Waals surface area contributed by atoms with Crippen molar-refractivity contribution in [2.45, 2.75) is 45.1 Å². The molecular formula is C16H21N3. The largest absolute Gasteiger partial charge is 0.366 e. The van der Waals surface area contributed by atoms with Gasteiger partial charge in [0.1, 0.15) is 5.82 Å². The summed E-state index contributed by atoms with van der Waals surface area (Å²) < 4.78 is 0. The van der Waals surface area contributed by atoms with Gasteiger partial charge in [0.2, 0.25) is 0 Å². The maximum Gasteiger partial charge on any atom is 0.145 e. The molecule has 2 unspecified atom stereocenters. The number of nitrogens with one attached hydrogen (secondary N) is 1. The first-order chi connectivity index (χ1) is 9.36. The van der Waals surface area contributed by atoms with E-state index in [0.717, 1.165) is 22.8 Å². The monoisotopic (exact) mass is 255 g/mol. The van der Waals surface area contributed by atoms with Crippen LogP contribution in [0, 0.1) is 5.92 Å². The Bertz CT molecular complexity index is 552. The maximum absolute atomic E-state index is 4.66. The summed E-state index contributed by atoms with van der Waals surface area (Å²) in [6.07, 6.45) is 8.42. The molecule has 0 spiro atoms. The highest BCUT2D eigenvalue weighted by Gasteiger charge is 2.23. The van der Waals surface area contributed by atoms with E-state index in [-0.39, 0.29) is 0 Å². The van der Waals surface area contributed by atoms with Gasteiger partial charge in [0.25, 0.3) is 0 Å². The second kappa shape index (κ2) is 5.55. The van der Waals surface area contributed by atoms with Gasteiger partial charge in [-0.2, -0.15) is 0 Å². The Hall–Kier alpha value is -1.64. The third-order valence-corrected chi connectivity index (χ3v) is 4.22. The van der Waals surface area contributed by atoms with E-state index in [1.165, 1.54) is 32.1 Å². The number of fused-ring (bicyclic) bond motifs is 1. The number of para-hydroxylation sites is 2. The third-order valence-electron chi connectivity index (χ3n) is 4.22. The van der Waals surface area contributed by atoms with Gasteiger partial charge in [-0.3, -0.25) is 4.98 Å². The number of hydrogen-bond donors (Lipinski definition) is 1. The molecule has 1 aromatic heterocycles. The lowest BCUT2D eigenvalue weighted by Gasteiger charge is -2.31. The molecule has 0 aliphatic heterocycles. The summed E-state index contributed by atoms with van der Waals surface area (Å²) in [5.74, 6) is 1.70. The van der Waals surface area contributed by atoms with E-state index < -0.39 is 0 Å². The molecule has 0 bridgehead atoms. The molecule has 2 aromatic rings. The Morgan fingerprint density at radius 1 is 1.16 bits per heavy atom. The standard InChI is InChI=1S/C16H21N3/c1-2-12-7-3-4-8-13(12)18-16-11-17-14-9-5-6-10-15(14)19-16/h5-6,9-13H,2-4,7-8H2,1H3,(H,18,19). The molecule has 1 aromatic carbocycles. The first-order valence-corrected chi connectivity index (χ1v) is 7.35. The molecule has 19 heavy (non-hydrogen) atoms. The molecule has 3 heteroatoms. The zero-order valence-electron chi connectivity index (χ0n) is 11.5. The molecule has 0 radical (unpaired) electrons. The summed E-state index contributed by atoms with van der Waals surface area (Å²) in [5, 5.41) is 3.60. The number of nitrogens with zero attached hydrogens (tertiary/aromatic N) is 2. The van der Waals surface area contributed by atoms with Gasteiger partial charge in [-0.25, -0.2) is 4.98 Å². The average Bonchev–Trinajstić information content (AvgIpc) is 2.48. The normalized spacial score (nSPS) is 23.4. The van der Waals surface area contributed by atoms with Crippen LogP contribution in [0.1, 0.15) is 39.0 Å². The molecule has 1 N–H and O–H groups in total. The summed E-state index contributed by atoms with van der Waals surface area (Å²) in [4.78, 5) is 9.14. The van der Waals surface area contributed by atoms with Gasteiger partial charge in [0, 0.05) is 6.04 Å². The Labute approximate surface area is 114 Å². The van der Waals surface area contributed by atoms with Crippen LogP contribution in [0.3, 0.4) is 0 Å². The second-order valence-electron chi connectivity index (χ2n) is 5.45. The van der Waals surface area contributed by atoms with Gasteiger partial charge < -0.3 is 5.32 Å². The Balaban J connectivity index is 1.80. The average molecular weight is 255 g/mol. The number of benzene rings is 1. The molecule has 0 saturated heterocycles. The Morgan fingerprint density at radius 2 is 1.95 bits per heavy atom. The highest BCUT2D eigenvalue weighted by atomic mass is 15.0. The summed E-state index contributed by atoms with van der Waals surface area (Å²) in [6.45, 7) is 2.29. The Kier molecular flexibility index (Phi) is 3.62. The van der Waals surface area contributed by atoms with Crippen molar-refractivity contribution in [3.63, 3.8) is 0 Å². The van der Waals surface area contributed by atoms with E-state index in [1.807, 2.05) is 30.5 Å². The summed E-state index contributed by atoms with van der Waals surface area (Å²) >= 11 is 0. The number of aromatic nitrogens is 2. The molecule has 1 fully saturated rings. The fourth-order valence-corrected chi connectivity index (χ4v) is 3.10. The van der Waals surface area contributed by atoms with Crippen LogP contribution in [0.5, 0.6) is 0 Å². The van der Waals surface area contributed by atoms with E-state index in [2.05, 4.69) is 22.2 Å². The third kappa shape index (κ3) is 2.70. The maximum atomic E-state index is 4.66. The van der Waals surface area contributed by atoms with Gasteiger partial charge in [-0.05, 0) is 30.9 Å². The minimum atomic E-state index is 0.564. The fourth-order valence-electron chi connectivity index (χ4n) is 3.10. The van der Waals surface area contributed by atoms with Crippen LogP contribution in [0.25, 0.3) is 11.0 Å². The predicted molar refractivity (Wildman–Crippen MR) is 79.2 cm³/mol.